The Labute approximate surface area is 196 Å². The molecule has 1 aliphatic carbocycles. The molecule has 5 rings (SSSR count). The van der Waals surface area contributed by atoms with Crippen molar-refractivity contribution in [1.29, 1.82) is 0 Å². The van der Waals surface area contributed by atoms with Crippen LogP contribution in [0.25, 0.3) is 11.3 Å². The molecule has 3 heterocycles. The maximum atomic E-state index is 12.9. The number of likely N-dealkylation sites (tertiary alicyclic amines) is 1. The highest BCUT2D eigenvalue weighted by Gasteiger charge is 2.56. The molecule has 2 saturated heterocycles. The number of aromatic nitrogens is 2. The third kappa shape index (κ3) is 4.08. The minimum atomic E-state index is -0.512. The number of aromatic amines is 1. The molecule has 8 heteroatoms. The number of benzene rings is 1. The molecule has 1 aromatic heterocycles. The van der Waals surface area contributed by atoms with Crippen LogP contribution in [0.15, 0.2) is 30.5 Å². The molecule has 0 bridgehead atoms. The monoisotopic (exact) mass is 451 g/mol. The Bertz CT molecular complexity index is 1040. The normalized spacial score (nSPS) is 27.5. The van der Waals surface area contributed by atoms with Crippen LogP contribution in [0.1, 0.15) is 73.2 Å². The fourth-order valence-electron chi connectivity index (χ4n) is 4.73. The van der Waals surface area contributed by atoms with Crippen molar-refractivity contribution in [3.63, 3.8) is 0 Å². The van der Waals surface area contributed by atoms with Crippen molar-refractivity contribution < 1.29 is 18.8 Å². The summed E-state index contributed by atoms with van der Waals surface area (Å²) < 4.78 is 18.0. The zero-order valence-corrected chi connectivity index (χ0v) is 20.6. The van der Waals surface area contributed by atoms with E-state index >= 15 is 0 Å². The van der Waals surface area contributed by atoms with Gasteiger partial charge in [0.05, 0.1) is 29.1 Å². The van der Waals surface area contributed by atoms with Gasteiger partial charge in [-0.2, -0.15) is 0 Å². The second kappa shape index (κ2) is 7.34. The highest BCUT2D eigenvalue weighted by atomic mass is 16.7. The number of H-pyrrole nitrogens is 1. The van der Waals surface area contributed by atoms with E-state index in [1.807, 2.05) is 44.0 Å². The lowest BCUT2D eigenvalue weighted by molar-refractivity contribution is 0.00578. The molecule has 0 spiro atoms. The number of carbonyl (C=O) groups excluding carboxylic acids is 1. The summed E-state index contributed by atoms with van der Waals surface area (Å²) in [5.41, 5.74) is 1.70. The first-order valence-corrected chi connectivity index (χ1v) is 11.9. The summed E-state index contributed by atoms with van der Waals surface area (Å²) in [5.74, 6) is 1.37. The maximum absolute atomic E-state index is 12.9. The summed E-state index contributed by atoms with van der Waals surface area (Å²) in [6, 6.07) is 8.38. The number of nitrogens with one attached hydrogen (secondary N) is 1. The van der Waals surface area contributed by atoms with Crippen LogP contribution in [0, 0.1) is 5.92 Å². The summed E-state index contributed by atoms with van der Waals surface area (Å²) in [6.07, 6.45) is 3.58. The van der Waals surface area contributed by atoms with Gasteiger partial charge in [0.1, 0.15) is 11.4 Å². The summed E-state index contributed by atoms with van der Waals surface area (Å²) >= 11 is 0. The summed E-state index contributed by atoms with van der Waals surface area (Å²) in [6.45, 7) is 13.9. The summed E-state index contributed by atoms with van der Waals surface area (Å²) in [4.78, 5) is 22.8. The highest BCUT2D eigenvalue weighted by molar-refractivity contribution is 6.62. The quantitative estimate of drug-likeness (QED) is 0.698. The van der Waals surface area contributed by atoms with Crippen LogP contribution >= 0.6 is 0 Å². The van der Waals surface area contributed by atoms with Gasteiger partial charge in [0.15, 0.2) is 0 Å². The maximum Gasteiger partial charge on any atom is 0.494 e. The summed E-state index contributed by atoms with van der Waals surface area (Å²) in [5, 5.41) is 0. The van der Waals surface area contributed by atoms with Crippen LogP contribution in [0.5, 0.6) is 0 Å². The lowest BCUT2D eigenvalue weighted by atomic mass is 9.79. The molecule has 1 N–H and O–H groups in total. The van der Waals surface area contributed by atoms with E-state index in [4.69, 9.17) is 14.0 Å². The fourth-order valence-corrected chi connectivity index (χ4v) is 4.73. The van der Waals surface area contributed by atoms with Crippen molar-refractivity contribution in [2.75, 3.05) is 0 Å². The van der Waals surface area contributed by atoms with Crippen LogP contribution in [0.2, 0.25) is 0 Å². The Balaban J connectivity index is 1.32. The van der Waals surface area contributed by atoms with Gasteiger partial charge in [-0.05, 0) is 78.3 Å². The number of amides is 1. The lowest BCUT2D eigenvalue weighted by Gasteiger charge is -2.32. The first-order chi connectivity index (χ1) is 15.3. The molecule has 3 fully saturated rings. The van der Waals surface area contributed by atoms with Gasteiger partial charge in [-0.15, -0.1) is 0 Å². The topological polar surface area (TPSA) is 76.7 Å². The molecule has 33 heavy (non-hydrogen) atoms. The predicted molar refractivity (Wildman–Crippen MR) is 127 cm³/mol. The van der Waals surface area contributed by atoms with Gasteiger partial charge in [0.25, 0.3) is 0 Å². The largest absolute Gasteiger partial charge is 0.494 e. The molecular weight excluding hydrogens is 417 g/mol. The van der Waals surface area contributed by atoms with E-state index in [9.17, 15) is 4.79 Å². The molecule has 7 nitrogen and oxygen atoms in total. The average molecular weight is 451 g/mol. The fraction of sp³-hybridized carbons (Fsp3) is 0.600. The van der Waals surface area contributed by atoms with E-state index in [0.29, 0.717) is 5.92 Å². The Kier molecular flexibility index (Phi) is 5.00. The Morgan fingerprint density at radius 2 is 1.76 bits per heavy atom. The highest BCUT2D eigenvalue weighted by Crippen LogP contribution is 2.53. The van der Waals surface area contributed by atoms with Crippen molar-refractivity contribution in [3.8, 4) is 11.3 Å². The Hall–Kier alpha value is -2.32. The number of nitrogens with zero attached hydrogens (tertiary/aromatic N) is 2. The van der Waals surface area contributed by atoms with E-state index in [1.54, 1.807) is 0 Å². The number of rotatable bonds is 3. The van der Waals surface area contributed by atoms with Crippen LogP contribution in [0.3, 0.4) is 0 Å². The van der Waals surface area contributed by atoms with Crippen molar-refractivity contribution in [3.05, 3.63) is 36.3 Å². The average Bonchev–Trinajstić information content (AvgIpc) is 3.07. The Morgan fingerprint density at radius 3 is 2.36 bits per heavy atom. The smallest absolute Gasteiger partial charge is 0.444 e. The first kappa shape index (κ1) is 22.5. The van der Waals surface area contributed by atoms with Gasteiger partial charge < -0.3 is 19.0 Å². The van der Waals surface area contributed by atoms with Gasteiger partial charge in [-0.1, -0.05) is 24.3 Å². The van der Waals surface area contributed by atoms with Gasteiger partial charge >= 0.3 is 13.2 Å². The molecule has 1 aromatic carbocycles. The summed E-state index contributed by atoms with van der Waals surface area (Å²) in [7, 11) is -0.381. The first-order valence-electron chi connectivity index (χ1n) is 11.9. The van der Waals surface area contributed by atoms with Crippen molar-refractivity contribution in [1.82, 2.24) is 14.9 Å². The van der Waals surface area contributed by atoms with Crippen molar-refractivity contribution >= 4 is 18.7 Å². The van der Waals surface area contributed by atoms with E-state index in [0.717, 1.165) is 35.4 Å². The van der Waals surface area contributed by atoms with E-state index in [1.165, 1.54) is 0 Å². The minimum Gasteiger partial charge on any atom is -0.444 e. The third-order valence-corrected chi connectivity index (χ3v) is 7.37. The lowest BCUT2D eigenvalue weighted by Crippen LogP contribution is -2.41. The number of hydrogen-bond acceptors (Lipinski definition) is 5. The molecule has 1 amide bonds. The number of fused-ring (bicyclic) bond motifs is 1. The molecule has 176 valence electrons. The second-order valence-corrected chi connectivity index (χ2v) is 11.6. The number of ether oxygens (including phenoxy) is 1. The van der Waals surface area contributed by atoms with Crippen LogP contribution in [0.4, 0.5) is 4.79 Å². The molecule has 0 radical (unpaired) electrons. The van der Waals surface area contributed by atoms with Gasteiger partial charge in [0, 0.05) is 6.04 Å². The minimum absolute atomic E-state index is 0.0682. The zero-order valence-electron chi connectivity index (χ0n) is 20.6. The van der Waals surface area contributed by atoms with Crippen LogP contribution < -0.4 is 5.46 Å². The van der Waals surface area contributed by atoms with Crippen LogP contribution in [-0.2, 0) is 14.0 Å². The van der Waals surface area contributed by atoms with Crippen LogP contribution in [-0.4, -0.2) is 50.9 Å². The van der Waals surface area contributed by atoms with Gasteiger partial charge in [-0.3, -0.25) is 4.90 Å². The van der Waals surface area contributed by atoms with E-state index in [-0.39, 0.29) is 36.5 Å². The SMILES string of the molecule is CC(C)(C)OC(=O)N1[C@@H]2CC2C[C@H]1c1ncc(-c2ccc(B3OC(C)(C)C(C)(C)O3)cc2)[nH]1. The number of piperidine rings is 1. The van der Waals surface area contributed by atoms with Crippen molar-refractivity contribution in [2.24, 2.45) is 5.92 Å². The zero-order chi connectivity index (χ0) is 23.8. The molecule has 3 atom stereocenters. The van der Waals surface area contributed by atoms with Crippen molar-refractivity contribution in [2.45, 2.75) is 90.2 Å². The predicted octanol–water partition coefficient (Wildman–Crippen LogP) is 4.45. The standard InChI is InChI=1S/C25H34BN3O4/c1-23(2,3)31-22(30)29-19-12-16(19)13-20(29)21-27-14-18(28-21)15-8-10-17(11-9-15)26-32-24(4,5)25(6,7)33-26/h8-11,14,16,19-20H,12-13H2,1-7H3,(H,27,28)/t16?,19-,20+/m1/s1. The van der Waals surface area contributed by atoms with Gasteiger partial charge in [0.2, 0.25) is 0 Å². The molecule has 3 aliphatic rings. The number of carbonyl (C=O) groups is 1. The Morgan fingerprint density at radius 1 is 1.12 bits per heavy atom. The molecular formula is C25H34BN3O4. The molecule has 2 aliphatic heterocycles. The third-order valence-electron chi connectivity index (χ3n) is 7.37. The molecule has 1 saturated carbocycles. The number of hydrogen-bond donors (Lipinski definition) is 1. The van der Waals surface area contributed by atoms with Gasteiger partial charge in [-0.25, -0.2) is 9.78 Å². The van der Waals surface area contributed by atoms with E-state index in [2.05, 4.69) is 49.8 Å². The second-order valence-electron chi connectivity index (χ2n) is 11.6. The molecule has 2 aromatic rings. The van der Waals surface area contributed by atoms with E-state index < -0.39 is 5.60 Å². The number of imidazole rings is 1. The molecule has 1 unspecified atom stereocenters.